The van der Waals surface area contributed by atoms with E-state index in [1.807, 2.05) is 0 Å². The van der Waals surface area contributed by atoms with E-state index in [1.165, 1.54) is 17.8 Å². The molecule has 2 heterocycles. The molecule has 0 bridgehead atoms. The number of carbonyl (C=O) groups excluding carboxylic acids is 2. The van der Waals surface area contributed by atoms with E-state index in [4.69, 9.17) is 10.4 Å². The highest BCUT2D eigenvalue weighted by Crippen LogP contribution is 2.36. The quantitative estimate of drug-likeness (QED) is 0.314. The van der Waals surface area contributed by atoms with E-state index < -0.39 is 23.0 Å². The molecule has 0 amide bonds. The van der Waals surface area contributed by atoms with Crippen molar-refractivity contribution < 1.29 is 27.7 Å². The van der Waals surface area contributed by atoms with Crippen molar-refractivity contribution in [1.29, 1.82) is 0 Å². The Hall–Kier alpha value is -2.61. The van der Waals surface area contributed by atoms with Crippen LogP contribution in [0.25, 0.3) is 0 Å². The lowest BCUT2D eigenvalue weighted by Gasteiger charge is -2.28. The summed E-state index contributed by atoms with van der Waals surface area (Å²) in [5.74, 6) is -0.648. The molecule has 11 nitrogen and oxygen atoms in total. The second-order valence-electron chi connectivity index (χ2n) is 7.40. The number of sulfonamides is 1. The zero-order valence-electron chi connectivity index (χ0n) is 17.0. The Balaban J connectivity index is 1.57. The van der Waals surface area contributed by atoms with Crippen molar-refractivity contribution in [3.8, 4) is 5.75 Å². The smallest absolute Gasteiger partial charge is 0.526 e. The van der Waals surface area contributed by atoms with Crippen LogP contribution in [0.5, 0.6) is 5.75 Å². The number of aromatic nitrogens is 3. The standard InChI is InChI=1S/C18H24BN5O6S/c1-12(25)17-4-2-3-13-7-14(19(27)30-18(13)17)8-16(26)11-24-10-15(22-23-24)9-21-31(28,29)6-5-20/h2-4,10,14,21,27H,5-9,11,20H2,1H3/t14-/m1/s1. The zero-order valence-corrected chi connectivity index (χ0v) is 17.8. The van der Waals surface area contributed by atoms with E-state index in [-0.39, 0.29) is 43.4 Å². The lowest BCUT2D eigenvalue weighted by Crippen LogP contribution is -2.36. The first-order valence-electron chi connectivity index (χ1n) is 9.74. The fraction of sp³-hybridized carbons (Fsp3) is 0.444. The van der Waals surface area contributed by atoms with Crippen molar-refractivity contribution in [1.82, 2.24) is 19.7 Å². The van der Waals surface area contributed by atoms with E-state index in [9.17, 15) is 23.0 Å². The van der Waals surface area contributed by atoms with Crippen molar-refractivity contribution in [2.75, 3.05) is 12.3 Å². The predicted molar refractivity (Wildman–Crippen MR) is 112 cm³/mol. The van der Waals surface area contributed by atoms with E-state index in [1.54, 1.807) is 18.2 Å². The summed E-state index contributed by atoms with van der Waals surface area (Å²) in [6, 6.07) is 5.19. The van der Waals surface area contributed by atoms with Crippen molar-refractivity contribution >= 4 is 28.7 Å². The summed E-state index contributed by atoms with van der Waals surface area (Å²) < 4.78 is 32.5. The van der Waals surface area contributed by atoms with Gasteiger partial charge in [0, 0.05) is 18.8 Å². The van der Waals surface area contributed by atoms with Gasteiger partial charge in [-0.25, -0.2) is 17.8 Å². The van der Waals surface area contributed by atoms with Gasteiger partial charge in [-0.15, -0.1) is 5.10 Å². The van der Waals surface area contributed by atoms with Gasteiger partial charge in [-0.1, -0.05) is 17.3 Å². The Labute approximate surface area is 180 Å². The third kappa shape index (κ3) is 5.97. The predicted octanol–water partition coefficient (Wildman–Crippen LogP) is -0.696. The van der Waals surface area contributed by atoms with Crippen LogP contribution in [0.15, 0.2) is 24.4 Å². The van der Waals surface area contributed by atoms with Crippen molar-refractivity contribution in [3.05, 3.63) is 41.2 Å². The van der Waals surface area contributed by atoms with Crippen LogP contribution < -0.4 is 15.1 Å². The molecular weight excluding hydrogens is 425 g/mol. The van der Waals surface area contributed by atoms with Crippen molar-refractivity contribution in [2.24, 2.45) is 5.73 Å². The number of carbonyl (C=O) groups is 2. The molecule has 31 heavy (non-hydrogen) atoms. The van der Waals surface area contributed by atoms with Crippen LogP contribution in [0, 0.1) is 0 Å². The molecule has 0 saturated heterocycles. The molecule has 0 fully saturated rings. The number of hydrogen-bond donors (Lipinski definition) is 3. The first kappa shape index (κ1) is 23.1. The molecule has 4 N–H and O–H groups in total. The summed E-state index contributed by atoms with van der Waals surface area (Å²) in [6.07, 6.45) is 1.92. The Morgan fingerprint density at radius 3 is 2.90 bits per heavy atom. The molecule has 1 aliphatic rings. The number of hydrogen-bond acceptors (Lipinski definition) is 9. The van der Waals surface area contributed by atoms with Crippen LogP contribution in [0.1, 0.15) is 35.0 Å². The zero-order chi connectivity index (χ0) is 22.6. The SMILES string of the molecule is CC(=O)c1cccc2c1OB(O)[C@@H](CC(=O)Cn1cc(CNS(=O)(=O)CCN)nn1)C2. The van der Waals surface area contributed by atoms with E-state index in [0.29, 0.717) is 23.4 Å². The summed E-state index contributed by atoms with van der Waals surface area (Å²) in [5.41, 5.74) is 6.78. The summed E-state index contributed by atoms with van der Waals surface area (Å²) in [4.78, 5) is 24.2. The topological polar surface area (TPSA) is 166 Å². The molecule has 1 aromatic carbocycles. The number of para-hydroxylation sites is 1. The molecule has 13 heteroatoms. The van der Waals surface area contributed by atoms with Gasteiger partial charge in [-0.2, -0.15) is 0 Å². The Morgan fingerprint density at radius 1 is 1.42 bits per heavy atom. The van der Waals surface area contributed by atoms with E-state index >= 15 is 0 Å². The monoisotopic (exact) mass is 449 g/mol. The van der Waals surface area contributed by atoms with Crippen LogP contribution in [-0.4, -0.2) is 59.4 Å². The van der Waals surface area contributed by atoms with Crippen molar-refractivity contribution in [3.63, 3.8) is 0 Å². The van der Waals surface area contributed by atoms with Crippen LogP contribution >= 0.6 is 0 Å². The van der Waals surface area contributed by atoms with Gasteiger partial charge in [0.2, 0.25) is 10.0 Å². The fourth-order valence-corrected chi connectivity index (χ4v) is 4.20. The van der Waals surface area contributed by atoms with E-state index in [0.717, 1.165) is 5.56 Å². The maximum Gasteiger partial charge on any atom is 0.526 e. The molecule has 2 aromatic rings. The third-order valence-electron chi connectivity index (χ3n) is 4.87. The maximum absolute atomic E-state index is 12.5. The van der Waals surface area contributed by atoms with Gasteiger partial charge < -0.3 is 15.4 Å². The number of ketones is 2. The highest BCUT2D eigenvalue weighted by molar-refractivity contribution is 7.89. The van der Waals surface area contributed by atoms with Gasteiger partial charge in [0.25, 0.3) is 0 Å². The van der Waals surface area contributed by atoms with Gasteiger partial charge >= 0.3 is 7.12 Å². The first-order valence-corrected chi connectivity index (χ1v) is 11.4. The molecular formula is C18H24BN5O6S. The number of nitrogens with zero attached hydrogens (tertiary/aromatic N) is 3. The lowest BCUT2D eigenvalue weighted by atomic mass is 9.64. The summed E-state index contributed by atoms with van der Waals surface area (Å²) in [7, 11) is -4.69. The minimum Gasteiger partial charge on any atom is -0.535 e. The molecule has 1 aromatic heterocycles. The molecule has 1 atom stereocenters. The van der Waals surface area contributed by atoms with Gasteiger partial charge in [-0.3, -0.25) is 9.59 Å². The molecule has 1 aliphatic heterocycles. The fourth-order valence-electron chi connectivity index (χ4n) is 3.38. The average Bonchev–Trinajstić information content (AvgIpc) is 3.13. The molecule has 0 unspecified atom stereocenters. The number of nitrogens with two attached hydrogens (primary N) is 1. The number of benzene rings is 1. The second-order valence-corrected chi connectivity index (χ2v) is 9.33. The van der Waals surface area contributed by atoms with Gasteiger partial charge in [0.1, 0.15) is 12.3 Å². The minimum atomic E-state index is -3.48. The van der Waals surface area contributed by atoms with E-state index in [2.05, 4.69) is 15.0 Å². The Kier molecular flexibility index (Phi) is 7.21. The van der Waals surface area contributed by atoms with Crippen LogP contribution in [0.4, 0.5) is 0 Å². The highest BCUT2D eigenvalue weighted by atomic mass is 32.2. The molecule has 0 spiro atoms. The number of fused-ring (bicyclic) bond motifs is 1. The Morgan fingerprint density at radius 2 is 2.19 bits per heavy atom. The van der Waals surface area contributed by atoms with Gasteiger partial charge in [0.05, 0.1) is 29.8 Å². The first-order chi connectivity index (χ1) is 14.7. The number of Topliss-reactive ketones (excluding diaryl/α,β-unsaturated/α-hetero) is 2. The van der Waals surface area contributed by atoms with Crippen LogP contribution in [0.3, 0.4) is 0 Å². The maximum atomic E-state index is 12.5. The number of rotatable bonds is 10. The summed E-state index contributed by atoms with van der Waals surface area (Å²) in [5, 5.41) is 18.0. The van der Waals surface area contributed by atoms with Crippen LogP contribution in [0.2, 0.25) is 5.82 Å². The molecule has 166 valence electrons. The molecule has 0 radical (unpaired) electrons. The normalized spacial score (nSPS) is 16.0. The third-order valence-corrected chi connectivity index (χ3v) is 6.23. The van der Waals surface area contributed by atoms with Crippen molar-refractivity contribution in [2.45, 2.75) is 38.7 Å². The van der Waals surface area contributed by atoms with Gasteiger partial charge in [0.15, 0.2) is 11.6 Å². The molecule has 3 rings (SSSR count). The van der Waals surface area contributed by atoms with Crippen LogP contribution in [-0.2, 0) is 34.3 Å². The molecule has 0 saturated carbocycles. The lowest BCUT2D eigenvalue weighted by molar-refractivity contribution is -0.120. The molecule has 0 aliphatic carbocycles. The number of nitrogens with one attached hydrogen (secondary N) is 1. The van der Waals surface area contributed by atoms with Gasteiger partial charge in [-0.05, 0) is 25.0 Å². The largest absolute Gasteiger partial charge is 0.535 e. The minimum absolute atomic E-state index is 0.00774. The summed E-state index contributed by atoms with van der Waals surface area (Å²) in [6.45, 7) is 1.30. The Bertz CT molecular complexity index is 1070. The average molecular weight is 449 g/mol. The summed E-state index contributed by atoms with van der Waals surface area (Å²) >= 11 is 0. The second kappa shape index (κ2) is 9.68. The highest BCUT2D eigenvalue weighted by Gasteiger charge is 2.37.